The van der Waals surface area contributed by atoms with E-state index in [0.29, 0.717) is 16.7 Å². The van der Waals surface area contributed by atoms with Crippen LogP contribution in [-0.4, -0.2) is 0 Å². The Balaban J connectivity index is 0.000000114. The van der Waals surface area contributed by atoms with Crippen LogP contribution in [0.4, 0.5) is 0 Å². The number of para-hydroxylation sites is 2. The lowest BCUT2D eigenvalue weighted by Crippen LogP contribution is -1.93. The van der Waals surface area contributed by atoms with Gasteiger partial charge >= 0.3 is 0 Å². The van der Waals surface area contributed by atoms with Crippen LogP contribution in [0.5, 0.6) is 0 Å². The number of fused-ring (bicyclic) bond motifs is 18. The molecule has 0 spiro atoms. The van der Waals surface area contributed by atoms with E-state index < -0.39 is 18.1 Å². The maximum Gasteiger partial charge on any atom is 0.136 e. The first-order valence-electron chi connectivity index (χ1n) is 54.7. The molecule has 0 aliphatic heterocycles. The van der Waals surface area contributed by atoms with Gasteiger partial charge in [-0.3, -0.25) is 0 Å². The number of hydrogen-bond acceptors (Lipinski definition) is 3. The summed E-state index contributed by atoms with van der Waals surface area (Å²) < 4.78 is 149. The van der Waals surface area contributed by atoms with Gasteiger partial charge in [0.15, 0.2) is 0 Å². The van der Waals surface area contributed by atoms with Crippen molar-refractivity contribution in [1.29, 1.82) is 0 Å². The molecule has 141 heavy (non-hydrogen) atoms. The minimum Gasteiger partial charge on any atom is -0.456 e. The summed E-state index contributed by atoms with van der Waals surface area (Å²) in [6.07, 6.45) is 0. The second-order valence-electron chi connectivity index (χ2n) is 35.7. The molecule has 26 aromatic carbocycles. The lowest BCUT2D eigenvalue weighted by atomic mass is 9.83. The fourth-order valence-electron chi connectivity index (χ4n) is 22.1. The molecule has 0 aliphatic rings. The summed E-state index contributed by atoms with van der Waals surface area (Å²) in [4.78, 5) is 0. The monoisotopic (exact) mass is 1810 g/mol. The summed E-state index contributed by atoms with van der Waals surface area (Å²) in [6.45, 7) is 0. The third-order valence-electron chi connectivity index (χ3n) is 28.0. The van der Waals surface area contributed by atoms with Crippen molar-refractivity contribution < 1.29 is 33.8 Å². The van der Waals surface area contributed by atoms with Crippen LogP contribution in [-0.2, 0) is 0 Å². The third-order valence-corrected chi connectivity index (χ3v) is 28.0. The fourth-order valence-corrected chi connectivity index (χ4v) is 22.1. The quantitative estimate of drug-likeness (QED) is 0.121. The average Bonchev–Trinajstić information content (AvgIpc) is 0.930. The van der Waals surface area contributed by atoms with Crippen LogP contribution in [0.15, 0.2) is 535 Å². The van der Waals surface area contributed by atoms with Crippen LogP contribution in [0, 0.1) is 0 Å². The largest absolute Gasteiger partial charge is 0.456 e. The smallest absolute Gasteiger partial charge is 0.136 e. The molecule has 3 nitrogen and oxygen atoms in total. The Bertz CT molecular complexity index is 10800. The summed E-state index contributed by atoms with van der Waals surface area (Å²) in [7, 11) is 0. The maximum atomic E-state index is 8.99. The summed E-state index contributed by atoms with van der Waals surface area (Å²) in [5.41, 5.74) is 24.6. The number of benzene rings is 26. The van der Waals surface area contributed by atoms with E-state index in [4.69, 9.17) is 33.8 Å². The van der Waals surface area contributed by atoms with Crippen molar-refractivity contribution in [2.45, 2.75) is 0 Å². The topological polar surface area (TPSA) is 39.4 Å². The van der Waals surface area contributed by atoms with Gasteiger partial charge in [0.05, 0.1) is 20.6 Å². The van der Waals surface area contributed by atoms with E-state index in [1.165, 1.54) is 0 Å². The molecule has 656 valence electrons. The van der Waals surface area contributed by atoms with E-state index in [1.807, 2.05) is 176 Å². The van der Waals surface area contributed by atoms with E-state index in [-0.39, 0.29) is 89.2 Å². The van der Waals surface area contributed by atoms with Gasteiger partial charge in [-0.2, -0.15) is 0 Å². The van der Waals surface area contributed by atoms with Crippen LogP contribution in [0.2, 0.25) is 0 Å². The Hall–Kier alpha value is -18.5. The number of hydrogen-bond donors (Lipinski definition) is 0. The van der Waals surface area contributed by atoms with Crippen molar-refractivity contribution in [1.82, 2.24) is 0 Å². The molecule has 3 heteroatoms. The fraction of sp³-hybridized carbons (Fsp3) is 0. The van der Waals surface area contributed by atoms with E-state index in [0.717, 1.165) is 252 Å². The first kappa shape index (κ1) is 67.6. The van der Waals surface area contributed by atoms with Crippen LogP contribution >= 0.6 is 0 Å². The zero-order chi connectivity index (χ0) is 106. The van der Waals surface area contributed by atoms with Crippen molar-refractivity contribution in [2.75, 3.05) is 0 Å². The normalized spacial score (nSPS) is 13.2. The van der Waals surface area contributed by atoms with E-state index in [2.05, 4.69) is 255 Å². The highest BCUT2D eigenvalue weighted by molar-refractivity contribution is 6.29. The molecule has 0 N–H and O–H groups in total. The molecular formula is C138H86O3. The molecule has 0 radical (unpaired) electrons. The second-order valence-corrected chi connectivity index (χ2v) is 35.7. The Morgan fingerprint density at radius 1 is 0.128 bits per heavy atom. The van der Waals surface area contributed by atoms with Crippen molar-refractivity contribution in [3.63, 3.8) is 0 Å². The lowest BCUT2D eigenvalue weighted by Gasteiger charge is -2.20. The zero-order valence-corrected chi connectivity index (χ0v) is 75.7. The van der Waals surface area contributed by atoms with Crippen LogP contribution in [0.1, 0.15) is 20.6 Å². The second kappa shape index (κ2) is 34.4. The van der Waals surface area contributed by atoms with Gasteiger partial charge in [-0.05, 0) is 293 Å². The van der Waals surface area contributed by atoms with Crippen molar-refractivity contribution in [3.8, 4) is 122 Å². The van der Waals surface area contributed by atoms with E-state index in [1.54, 1.807) is 0 Å². The van der Waals surface area contributed by atoms with Gasteiger partial charge in [0, 0.05) is 37.9 Å². The van der Waals surface area contributed by atoms with Gasteiger partial charge in [-0.25, -0.2) is 0 Å². The first-order chi connectivity index (χ1) is 76.2. The Kier molecular flexibility index (Phi) is 16.5. The molecule has 0 aliphatic carbocycles. The molecule has 0 saturated heterocycles. The van der Waals surface area contributed by atoms with Gasteiger partial charge in [0.1, 0.15) is 33.5 Å². The molecule has 0 saturated carbocycles. The Labute approximate surface area is 835 Å². The first-order valence-corrected chi connectivity index (χ1v) is 47.2. The predicted molar refractivity (Wildman–Crippen MR) is 599 cm³/mol. The van der Waals surface area contributed by atoms with Gasteiger partial charge in [0.25, 0.3) is 0 Å². The van der Waals surface area contributed by atoms with Gasteiger partial charge in [0.2, 0.25) is 0 Å². The molecule has 3 aromatic heterocycles. The molecular weight excluding hydrogens is 1710 g/mol. The van der Waals surface area contributed by atoms with Crippen LogP contribution in [0.3, 0.4) is 0 Å². The van der Waals surface area contributed by atoms with Gasteiger partial charge in [-0.15, -0.1) is 0 Å². The standard InChI is InChI=1S/2C48H30O.C42H26O/c1-3-15-31(16-4-1)36-27-28-44-48(41-25-13-14-26-43(41)49-44)46(36)34-29-33-19-7-8-20-35(33)42(30-34)47-39-23-11-9-21-37(39)45(32-17-5-2-6-18-32)38-22-10-12-24-40(38)47;1-3-14-31(15-4-1)37-24-13-25-45-48(37)43-29-33(26-27-44(43)49-45)35-28-34-18-7-8-19-36(34)42(30-35)47-40-22-11-9-20-38(40)46(32-16-5-2-6-17-32)39-21-10-12-23-41(39)47;1-2-13-27(14-3-1)40-32-17-6-8-19-34(32)41(35-20-9-7-18-33(35)40)37-26-29(25-28-15-4-5-16-30(28)37)31-22-12-24-39-42(31)36-21-10-11-23-38(36)43-39/h2*1-30H;1-26H/i2D,5D,6D,17D,18D;2D,5D,6D,16D,17D;1D,2D,3D,13D,14D. The predicted octanol–water partition coefficient (Wildman–Crippen LogP) is 39.5. The molecule has 29 aromatic rings. The molecule has 29 rings (SSSR count). The third kappa shape index (κ3) is 14.0. The van der Waals surface area contributed by atoms with Crippen molar-refractivity contribution in [2.24, 2.45) is 0 Å². The Morgan fingerprint density at radius 3 is 0.809 bits per heavy atom. The highest BCUT2D eigenvalue weighted by Gasteiger charge is 2.27. The molecule has 0 fully saturated rings. The minimum absolute atomic E-state index is 0.199. The molecule has 0 atom stereocenters. The van der Waals surface area contributed by atoms with Gasteiger partial charge < -0.3 is 13.3 Å². The SMILES string of the molecule is [2H]c1c([2H])c([2H])c(-c2c3ccccc3c(-c3cc(-c4c(-c5ccccc5)ccc5oc6ccccc6c45)cc4ccccc34)c3ccccc23)c([2H])c1[2H].[2H]c1c([2H])c([2H])c(-c2c3ccccc3c(-c3cc(-c4ccc5oc6cccc(-c7ccccc7)c6c5c4)cc4ccccc34)c3ccccc23)c([2H])c1[2H].[2H]c1c([2H])c([2H])c(-c2c3ccccc3c(-c3cc(-c4cccc5oc6ccccc6c45)cc4ccccc34)c3ccccc23)c([2H])c1[2H]. The van der Waals surface area contributed by atoms with E-state index >= 15 is 0 Å². The number of furan rings is 3. The van der Waals surface area contributed by atoms with Crippen molar-refractivity contribution >= 4 is 163 Å². The van der Waals surface area contributed by atoms with E-state index in [9.17, 15) is 0 Å². The highest BCUT2D eigenvalue weighted by Crippen LogP contribution is 2.54. The maximum absolute atomic E-state index is 8.99. The summed E-state index contributed by atoms with van der Waals surface area (Å²) in [6, 6.07) is 143. The van der Waals surface area contributed by atoms with Crippen LogP contribution < -0.4 is 0 Å². The molecule has 3 heterocycles. The van der Waals surface area contributed by atoms with Crippen LogP contribution in [0.25, 0.3) is 285 Å². The lowest BCUT2D eigenvalue weighted by molar-refractivity contribution is 0.668. The summed E-state index contributed by atoms with van der Waals surface area (Å²) in [5.74, 6) is 0. The molecule has 0 unspecified atom stereocenters. The summed E-state index contributed by atoms with van der Waals surface area (Å²) in [5, 5.41) is 23.4. The minimum atomic E-state index is -0.405. The Morgan fingerprint density at radius 2 is 0.404 bits per heavy atom. The van der Waals surface area contributed by atoms with Gasteiger partial charge in [-0.1, -0.05) is 442 Å². The molecule has 0 bridgehead atoms. The zero-order valence-electron chi connectivity index (χ0n) is 90.7. The molecule has 0 amide bonds. The average molecular weight is 1810 g/mol. The number of rotatable bonds is 11. The van der Waals surface area contributed by atoms with Crippen molar-refractivity contribution in [3.05, 3.63) is 521 Å². The highest BCUT2D eigenvalue weighted by atomic mass is 16.3. The summed E-state index contributed by atoms with van der Waals surface area (Å²) >= 11 is 0.